The van der Waals surface area contributed by atoms with Gasteiger partial charge in [0.15, 0.2) is 11.5 Å². The number of rotatable bonds is 7. The summed E-state index contributed by atoms with van der Waals surface area (Å²) in [6.45, 7) is 0.367. The maximum atomic E-state index is 12.2. The van der Waals surface area contributed by atoms with Gasteiger partial charge >= 0.3 is 0 Å². The number of ether oxygens (including phenoxy) is 2. The topological polar surface area (TPSA) is 59.9 Å². The van der Waals surface area contributed by atoms with Gasteiger partial charge in [-0.1, -0.05) is 35.9 Å². The van der Waals surface area contributed by atoms with Crippen molar-refractivity contribution in [3.8, 4) is 11.5 Å². The van der Waals surface area contributed by atoms with Gasteiger partial charge in [0.1, 0.15) is 6.61 Å². The molecule has 0 aromatic heterocycles. The van der Waals surface area contributed by atoms with Crippen molar-refractivity contribution in [2.45, 2.75) is 6.61 Å². The summed E-state index contributed by atoms with van der Waals surface area (Å²) >= 11 is 9.34. The van der Waals surface area contributed by atoms with Crippen LogP contribution in [0.25, 0.3) is 0 Å². The van der Waals surface area contributed by atoms with Crippen LogP contribution in [0.5, 0.6) is 11.5 Å². The lowest BCUT2D eigenvalue weighted by atomic mass is 10.2. The predicted octanol–water partition coefficient (Wildman–Crippen LogP) is 5.45. The van der Waals surface area contributed by atoms with E-state index in [4.69, 9.17) is 21.1 Å². The lowest BCUT2D eigenvalue weighted by Crippen LogP contribution is -2.18. The van der Waals surface area contributed by atoms with Gasteiger partial charge in [0.2, 0.25) is 0 Å². The maximum absolute atomic E-state index is 12.2. The van der Waals surface area contributed by atoms with Gasteiger partial charge in [-0.05, 0) is 69.5 Å². The summed E-state index contributed by atoms with van der Waals surface area (Å²) in [6, 6.07) is 20.0. The van der Waals surface area contributed by atoms with Crippen molar-refractivity contribution in [3.05, 3.63) is 92.9 Å². The molecule has 0 fully saturated rings. The second-order valence-corrected chi connectivity index (χ2v) is 7.30. The molecular formula is C22H18BrClN2O3. The number of hydrogen-bond donors (Lipinski definition) is 1. The van der Waals surface area contributed by atoms with Crippen molar-refractivity contribution < 1.29 is 14.3 Å². The molecule has 1 amide bonds. The molecule has 29 heavy (non-hydrogen) atoms. The molecule has 1 N–H and O–H groups in total. The monoisotopic (exact) mass is 472 g/mol. The van der Waals surface area contributed by atoms with E-state index in [0.717, 1.165) is 11.1 Å². The fraction of sp³-hybridized carbons (Fsp3) is 0.0909. The number of nitrogens with one attached hydrogen (secondary N) is 1. The molecule has 0 atom stereocenters. The van der Waals surface area contributed by atoms with E-state index in [1.165, 1.54) is 6.21 Å². The summed E-state index contributed by atoms with van der Waals surface area (Å²) in [7, 11) is 1.57. The summed E-state index contributed by atoms with van der Waals surface area (Å²) in [5, 5.41) is 4.67. The Kier molecular flexibility index (Phi) is 7.27. The lowest BCUT2D eigenvalue weighted by Gasteiger charge is -2.11. The number of nitrogens with zero attached hydrogens (tertiary/aromatic N) is 1. The first kappa shape index (κ1) is 20.9. The fourth-order valence-electron chi connectivity index (χ4n) is 2.54. The van der Waals surface area contributed by atoms with Crippen LogP contribution in [0.3, 0.4) is 0 Å². The van der Waals surface area contributed by atoms with Crippen LogP contribution in [0.2, 0.25) is 5.02 Å². The normalized spacial score (nSPS) is 10.7. The molecule has 5 nitrogen and oxygen atoms in total. The van der Waals surface area contributed by atoms with Gasteiger partial charge in [-0.3, -0.25) is 4.79 Å². The highest BCUT2D eigenvalue weighted by Crippen LogP contribution is 2.28. The Labute approximate surface area is 182 Å². The van der Waals surface area contributed by atoms with Crippen molar-refractivity contribution in [2.75, 3.05) is 7.11 Å². The van der Waals surface area contributed by atoms with Gasteiger partial charge in [-0.15, -0.1) is 0 Å². The summed E-state index contributed by atoms with van der Waals surface area (Å²) in [5.74, 6) is 0.858. The molecule has 0 aliphatic carbocycles. The van der Waals surface area contributed by atoms with E-state index in [1.54, 1.807) is 37.4 Å². The first-order chi connectivity index (χ1) is 14.1. The Bertz CT molecular complexity index is 1040. The predicted molar refractivity (Wildman–Crippen MR) is 118 cm³/mol. The zero-order valence-corrected chi connectivity index (χ0v) is 17.9. The molecule has 0 aliphatic rings. The number of halogens is 2. The Morgan fingerprint density at radius 3 is 2.69 bits per heavy atom. The molecule has 0 aliphatic heterocycles. The van der Waals surface area contributed by atoms with Crippen LogP contribution in [-0.4, -0.2) is 19.2 Å². The van der Waals surface area contributed by atoms with E-state index in [0.29, 0.717) is 33.2 Å². The fourth-order valence-corrected chi connectivity index (χ4v) is 3.22. The minimum atomic E-state index is -0.304. The molecule has 0 radical (unpaired) electrons. The average Bonchev–Trinajstić information content (AvgIpc) is 2.73. The maximum Gasteiger partial charge on any atom is 0.272 e. The van der Waals surface area contributed by atoms with Gasteiger partial charge in [0.05, 0.1) is 18.9 Å². The van der Waals surface area contributed by atoms with E-state index in [2.05, 4.69) is 26.5 Å². The molecule has 7 heteroatoms. The van der Waals surface area contributed by atoms with Crippen LogP contribution < -0.4 is 14.9 Å². The Morgan fingerprint density at radius 2 is 1.93 bits per heavy atom. The standard InChI is InChI=1S/C22H18BrClN2O3/c1-28-21-12-15(13-25-26-22(27)18-7-2-3-8-19(18)23)9-10-20(21)29-14-16-5-4-6-17(24)11-16/h2-13H,14H2,1H3,(H,26,27)/b25-13+. The summed E-state index contributed by atoms with van der Waals surface area (Å²) in [6.07, 6.45) is 1.54. The quantitative estimate of drug-likeness (QED) is 0.366. The van der Waals surface area contributed by atoms with Gasteiger partial charge in [0, 0.05) is 9.50 Å². The van der Waals surface area contributed by atoms with Gasteiger partial charge in [0.25, 0.3) is 5.91 Å². The summed E-state index contributed by atoms with van der Waals surface area (Å²) in [5.41, 5.74) is 4.73. The Morgan fingerprint density at radius 1 is 1.10 bits per heavy atom. The molecule has 0 heterocycles. The number of hydrogen-bond acceptors (Lipinski definition) is 4. The third-order valence-corrected chi connectivity index (χ3v) is 4.90. The van der Waals surface area contributed by atoms with E-state index in [1.807, 2.05) is 36.4 Å². The zero-order valence-electron chi connectivity index (χ0n) is 15.6. The number of hydrazone groups is 1. The zero-order chi connectivity index (χ0) is 20.6. The van der Waals surface area contributed by atoms with Gasteiger partial charge < -0.3 is 9.47 Å². The first-order valence-electron chi connectivity index (χ1n) is 8.70. The van der Waals surface area contributed by atoms with Gasteiger partial charge in [-0.2, -0.15) is 5.10 Å². The number of carbonyl (C=O) groups is 1. The van der Waals surface area contributed by atoms with Gasteiger partial charge in [-0.25, -0.2) is 5.43 Å². The highest BCUT2D eigenvalue weighted by Gasteiger charge is 2.08. The van der Waals surface area contributed by atoms with E-state index >= 15 is 0 Å². The third kappa shape index (κ3) is 5.82. The molecule has 0 saturated carbocycles. The van der Waals surface area contributed by atoms with E-state index in [9.17, 15) is 4.79 Å². The SMILES string of the molecule is COc1cc(/C=N/NC(=O)c2ccccc2Br)ccc1OCc1cccc(Cl)c1. The molecule has 148 valence electrons. The van der Waals surface area contributed by atoms with Crippen LogP contribution in [0.15, 0.2) is 76.3 Å². The minimum absolute atomic E-state index is 0.304. The van der Waals surface area contributed by atoms with Crippen molar-refractivity contribution in [1.82, 2.24) is 5.43 Å². The Balaban J connectivity index is 1.64. The van der Waals surface area contributed by atoms with E-state index < -0.39 is 0 Å². The van der Waals surface area contributed by atoms with Crippen LogP contribution in [0.1, 0.15) is 21.5 Å². The molecule has 3 aromatic rings. The van der Waals surface area contributed by atoms with Crippen LogP contribution in [0.4, 0.5) is 0 Å². The lowest BCUT2D eigenvalue weighted by molar-refractivity contribution is 0.0954. The van der Waals surface area contributed by atoms with Crippen molar-refractivity contribution in [3.63, 3.8) is 0 Å². The molecule has 0 saturated heterocycles. The van der Waals surface area contributed by atoms with Crippen LogP contribution in [-0.2, 0) is 6.61 Å². The van der Waals surface area contributed by atoms with Crippen molar-refractivity contribution in [2.24, 2.45) is 5.10 Å². The van der Waals surface area contributed by atoms with Crippen LogP contribution >= 0.6 is 27.5 Å². The molecule has 3 aromatic carbocycles. The van der Waals surface area contributed by atoms with Crippen LogP contribution in [0, 0.1) is 0 Å². The third-order valence-electron chi connectivity index (χ3n) is 3.97. The van der Waals surface area contributed by atoms with E-state index in [-0.39, 0.29) is 5.91 Å². The largest absolute Gasteiger partial charge is 0.493 e. The number of methoxy groups -OCH3 is 1. The number of amides is 1. The number of benzene rings is 3. The highest BCUT2D eigenvalue weighted by molar-refractivity contribution is 9.10. The molecule has 0 spiro atoms. The average molecular weight is 474 g/mol. The summed E-state index contributed by atoms with van der Waals surface area (Å²) < 4.78 is 11.9. The first-order valence-corrected chi connectivity index (χ1v) is 9.87. The molecule has 3 rings (SSSR count). The molecule has 0 unspecified atom stereocenters. The Hall–Kier alpha value is -2.83. The second kappa shape index (κ2) is 10.1. The molecule has 0 bridgehead atoms. The van der Waals surface area contributed by atoms with Crippen molar-refractivity contribution >= 4 is 39.7 Å². The summed E-state index contributed by atoms with van der Waals surface area (Å²) in [4.78, 5) is 12.2. The highest BCUT2D eigenvalue weighted by atomic mass is 79.9. The minimum Gasteiger partial charge on any atom is -0.493 e. The second-order valence-electron chi connectivity index (χ2n) is 6.01. The number of carbonyl (C=O) groups excluding carboxylic acids is 1. The van der Waals surface area contributed by atoms with Crippen molar-refractivity contribution in [1.29, 1.82) is 0 Å². The smallest absolute Gasteiger partial charge is 0.272 e. The molecular weight excluding hydrogens is 456 g/mol.